The van der Waals surface area contributed by atoms with E-state index in [4.69, 9.17) is 4.74 Å². The van der Waals surface area contributed by atoms with Crippen molar-refractivity contribution in [3.8, 4) is 16.9 Å². The second-order valence-electron chi connectivity index (χ2n) is 3.66. The highest BCUT2D eigenvalue weighted by Crippen LogP contribution is 2.31. The van der Waals surface area contributed by atoms with Crippen molar-refractivity contribution in [2.75, 3.05) is 7.11 Å². The smallest absolute Gasteiger partial charge is 0.133 e. The molecule has 0 saturated heterocycles. The van der Waals surface area contributed by atoms with Crippen molar-refractivity contribution in [2.45, 2.75) is 6.92 Å². The zero-order chi connectivity index (χ0) is 11.5. The fourth-order valence-corrected chi connectivity index (χ4v) is 2.13. The van der Waals surface area contributed by atoms with Crippen molar-refractivity contribution in [3.05, 3.63) is 52.5 Å². The van der Waals surface area contributed by atoms with Gasteiger partial charge in [-0.25, -0.2) is 0 Å². The summed E-state index contributed by atoms with van der Waals surface area (Å²) in [5.74, 6) is 0.862. The monoisotopic (exact) mass is 276 g/mol. The Kier molecular flexibility index (Phi) is 3.30. The molecular weight excluding hydrogens is 264 g/mol. The Morgan fingerprint density at radius 3 is 2.50 bits per heavy atom. The van der Waals surface area contributed by atoms with Crippen molar-refractivity contribution in [2.24, 2.45) is 0 Å². The van der Waals surface area contributed by atoms with Gasteiger partial charge >= 0.3 is 0 Å². The Balaban J connectivity index is 2.53. The Morgan fingerprint density at radius 1 is 1.06 bits per heavy atom. The maximum atomic E-state index is 5.30. The van der Waals surface area contributed by atoms with Crippen molar-refractivity contribution in [3.63, 3.8) is 0 Å². The molecule has 0 spiro atoms. The average Bonchev–Trinajstić information content (AvgIpc) is 2.31. The van der Waals surface area contributed by atoms with E-state index in [9.17, 15) is 0 Å². The maximum absolute atomic E-state index is 5.30. The lowest BCUT2D eigenvalue weighted by Crippen LogP contribution is -1.87. The molecule has 2 heteroatoms. The zero-order valence-electron chi connectivity index (χ0n) is 9.33. The van der Waals surface area contributed by atoms with Gasteiger partial charge in [0, 0.05) is 0 Å². The molecule has 0 radical (unpaired) electrons. The number of ether oxygens (including phenoxy) is 1. The Hall–Kier alpha value is -1.28. The summed E-state index contributed by atoms with van der Waals surface area (Å²) in [5.41, 5.74) is 3.69. The second kappa shape index (κ2) is 4.71. The average molecular weight is 277 g/mol. The first-order chi connectivity index (χ1) is 7.72. The first-order valence-corrected chi connectivity index (χ1v) is 5.91. The molecule has 2 aromatic rings. The minimum Gasteiger partial charge on any atom is -0.496 e. The van der Waals surface area contributed by atoms with Gasteiger partial charge < -0.3 is 4.74 Å². The van der Waals surface area contributed by atoms with Gasteiger partial charge in [0.15, 0.2) is 0 Å². The lowest BCUT2D eigenvalue weighted by atomic mass is 10.0. The molecule has 0 aliphatic rings. The van der Waals surface area contributed by atoms with E-state index in [1.807, 2.05) is 12.1 Å². The van der Waals surface area contributed by atoms with Crippen LogP contribution in [0.3, 0.4) is 0 Å². The molecule has 2 aromatic carbocycles. The van der Waals surface area contributed by atoms with E-state index in [1.54, 1.807) is 7.11 Å². The molecular formula is C14H13BrO. The summed E-state index contributed by atoms with van der Waals surface area (Å²) >= 11 is 3.46. The van der Waals surface area contributed by atoms with Crippen LogP contribution in [0.4, 0.5) is 0 Å². The van der Waals surface area contributed by atoms with E-state index >= 15 is 0 Å². The summed E-state index contributed by atoms with van der Waals surface area (Å²) in [7, 11) is 1.68. The number of hydrogen-bond acceptors (Lipinski definition) is 1. The van der Waals surface area contributed by atoms with Gasteiger partial charge in [-0.1, -0.05) is 30.3 Å². The van der Waals surface area contributed by atoms with E-state index in [0.717, 1.165) is 10.2 Å². The van der Waals surface area contributed by atoms with Gasteiger partial charge in [0.1, 0.15) is 5.75 Å². The minimum atomic E-state index is 0.862. The summed E-state index contributed by atoms with van der Waals surface area (Å²) in [4.78, 5) is 0. The first kappa shape index (κ1) is 11.2. The topological polar surface area (TPSA) is 9.23 Å². The van der Waals surface area contributed by atoms with Gasteiger partial charge in [0.2, 0.25) is 0 Å². The number of hydrogen-bond donors (Lipinski definition) is 0. The zero-order valence-corrected chi connectivity index (χ0v) is 10.9. The highest BCUT2D eigenvalue weighted by atomic mass is 79.9. The molecule has 0 unspecified atom stereocenters. The molecule has 1 nitrogen and oxygen atoms in total. The van der Waals surface area contributed by atoms with Crippen LogP contribution in [0.2, 0.25) is 0 Å². The summed E-state index contributed by atoms with van der Waals surface area (Å²) in [5, 5.41) is 0. The SMILES string of the molecule is COc1cc(-c2ccccc2C)ccc1Br. The van der Waals surface area contributed by atoms with E-state index in [2.05, 4.69) is 53.2 Å². The molecule has 0 aliphatic heterocycles. The molecule has 16 heavy (non-hydrogen) atoms. The summed E-state index contributed by atoms with van der Waals surface area (Å²) < 4.78 is 6.28. The van der Waals surface area contributed by atoms with Crippen LogP contribution in [-0.4, -0.2) is 7.11 Å². The van der Waals surface area contributed by atoms with Crippen molar-refractivity contribution >= 4 is 15.9 Å². The van der Waals surface area contributed by atoms with Gasteiger partial charge in [-0.05, 0) is 51.7 Å². The van der Waals surface area contributed by atoms with Crippen LogP contribution < -0.4 is 4.74 Å². The number of aryl methyl sites for hydroxylation is 1. The summed E-state index contributed by atoms with van der Waals surface area (Å²) in [6.07, 6.45) is 0. The van der Waals surface area contributed by atoms with Crippen LogP contribution in [0.25, 0.3) is 11.1 Å². The molecule has 0 aromatic heterocycles. The highest BCUT2D eigenvalue weighted by molar-refractivity contribution is 9.10. The normalized spacial score (nSPS) is 10.2. The van der Waals surface area contributed by atoms with Gasteiger partial charge in [-0.15, -0.1) is 0 Å². The number of rotatable bonds is 2. The van der Waals surface area contributed by atoms with Crippen LogP contribution in [0.1, 0.15) is 5.56 Å². The number of halogens is 1. The van der Waals surface area contributed by atoms with E-state index in [-0.39, 0.29) is 0 Å². The third-order valence-electron chi connectivity index (χ3n) is 2.61. The molecule has 0 aliphatic carbocycles. The van der Waals surface area contributed by atoms with Crippen molar-refractivity contribution in [1.82, 2.24) is 0 Å². The van der Waals surface area contributed by atoms with Crippen LogP contribution in [0.15, 0.2) is 46.9 Å². The van der Waals surface area contributed by atoms with Gasteiger partial charge in [0.25, 0.3) is 0 Å². The summed E-state index contributed by atoms with van der Waals surface area (Å²) in [6, 6.07) is 14.5. The van der Waals surface area contributed by atoms with Gasteiger partial charge in [0.05, 0.1) is 11.6 Å². The van der Waals surface area contributed by atoms with Crippen LogP contribution in [0, 0.1) is 6.92 Å². The molecule has 0 heterocycles. The van der Waals surface area contributed by atoms with Crippen LogP contribution in [0.5, 0.6) is 5.75 Å². The third kappa shape index (κ3) is 2.12. The Morgan fingerprint density at radius 2 is 1.81 bits per heavy atom. The van der Waals surface area contributed by atoms with Crippen LogP contribution in [-0.2, 0) is 0 Å². The number of methoxy groups -OCH3 is 1. The van der Waals surface area contributed by atoms with Crippen LogP contribution >= 0.6 is 15.9 Å². The molecule has 82 valence electrons. The molecule has 0 bridgehead atoms. The van der Waals surface area contributed by atoms with Gasteiger partial charge in [-0.3, -0.25) is 0 Å². The maximum Gasteiger partial charge on any atom is 0.133 e. The predicted molar refractivity (Wildman–Crippen MR) is 70.9 cm³/mol. The summed E-state index contributed by atoms with van der Waals surface area (Å²) in [6.45, 7) is 2.11. The van der Waals surface area contributed by atoms with Crippen molar-refractivity contribution in [1.29, 1.82) is 0 Å². The minimum absolute atomic E-state index is 0.862. The molecule has 0 N–H and O–H groups in total. The van der Waals surface area contributed by atoms with Crippen molar-refractivity contribution < 1.29 is 4.74 Å². The lowest BCUT2D eigenvalue weighted by molar-refractivity contribution is 0.412. The molecule has 0 fully saturated rings. The molecule has 2 rings (SSSR count). The fraction of sp³-hybridized carbons (Fsp3) is 0.143. The van der Waals surface area contributed by atoms with Gasteiger partial charge in [-0.2, -0.15) is 0 Å². The quantitative estimate of drug-likeness (QED) is 0.788. The third-order valence-corrected chi connectivity index (χ3v) is 3.26. The van der Waals surface area contributed by atoms with E-state index in [1.165, 1.54) is 16.7 Å². The van der Waals surface area contributed by atoms with E-state index in [0.29, 0.717) is 0 Å². The van der Waals surface area contributed by atoms with E-state index < -0.39 is 0 Å². The number of benzene rings is 2. The highest BCUT2D eigenvalue weighted by Gasteiger charge is 2.05. The standard InChI is InChI=1S/C14H13BrO/c1-10-5-3-4-6-12(10)11-7-8-13(15)14(9-11)16-2/h3-9H,1-2H3. The second-order valence-corrected chi connectivity index (χ2v) is 4.52. The lowest BCUT2D eigenvalue weighted by Gasteiger charge is -2.09. The first-order valence-electron chi connectivity index (χ1n) is 5.12. The Labute approximate surface area is 104 Å². The largest absolute Gasteiger partial charge is 0.496 e. The predicted octanol–water partition coefficient (Wildman–Crippen LogP) is 4.43. The Bertz CT molecular complexity index is 506. The molecule has 0 amide bonds. The fourth-order valence-electron chi connectivity index (χ4n) is 1.72. The molecule has 0 saturated carbocycles. The molecule has 0 atom stereocenters.